The quantitative estimate of drug-likeness (QED) is 0.803. The molecule has 0 saturated carbocycles. The van der Waals surface area contributed by atoms with Crippen LogP contribution in [0.4, 0.5) is 0 Å². The van der Waals surface area contributed by atoms with Gasteiger partial charge in [0, 0.05) is 17.7 Å². The standard InChI is InChI=1S/C11H16O3/c1-4-5-9-10(13-2)6-8(12)7-11(9)14-3/h6-7,12H,4-5H2,1-3H3. The second-order valence-corrected chi connectivity index (χ2v) is 3.08. The van der Waals surface area contributed by atoms with E-state index in [-0.39, 0.29) is 5.75 Å². The van der Waals surface area contributed by atoms with Gasteiger partial charge in [0.1, 0.15) is 17.2 Å². The minimum atomic E-state index is 0.165. The first-order valence-electron chi connectivity index (χ1n) is 4.66. The fourth-order valence-electron chi connectivity index (χ4n) is 1.47. The van der Waals surface area contributed by atoms with Gasteiger partial charge >= 0.3 is 0 Å². The SMILES string of the molecule is CCCc1c(OC)cc(O)cc1OC. The Morgan fingerprint density at radius 2 is 1.64 bits per heavy atom. The Labute approximate surface area is 84.3 Å². The van der Waals surface area contributed by atoms with Crippen molar-refractivity contribution in [1.82, 2.24) is 0 Å². The van der Waals surface area contributed by atoms with Gasteiger partial charge in [-0.05, 0) is 6.42 Å². The number of hydrogen-bond donors (Lipinski definition) is 1. The molecule has 1 aromatic rings. The van der Waals surface area contributed by atoms with Gasteiger partial charge in [0.2, 0.25) is 0 Å². The second kappa shape index (κ2) is 4.74. The highest BCUT2D eigenvalue weighted by Crippen LogP contribution is 2.34. The lowest BCUT2D eigenvalue weighted by Gasteiger charge is -2.12. The number of hydrogen-bond acceptors (Lipinski definition) is 3. The average Bonchev–Trinajstić information content (AvgIpc) is 2.20. The van der Waals surface area contributed by atoms with Crippen LogP contribution in [0.15, 0.2) is 12.1 Å². The van der Waals surface area contributed by atoms with Crippen molar-refractivity contribution in [2.75, 3.05) is 14.2 Å². The van der Waals surface area contributed by atoms with Crippen molar-refractivity contribution >= 4 is 0 Å². The van der Waals surface area contributed by atoms with Gasteiger partial charge in [0.05, 0.1) is 14.2 Å². The fourth-order valence-corrected chi connectivity index (χ4v) is 1.47. The van der Waals surface area contributed by atoms with Gasteiger partial charge in [-0.25, -0.2) is 0 Å². The first kappa shape index (κ1) is 10.7. The third-order valence-corrected chi connectivity index (χ3v) is 2.09. The molecule has 78 valence electrons. The fraction of sp³-hybridized carbons (Fsp3) is 0.455. The molecule has 0 atom stereocenters. The van der Waals surface area contributed by atoms with Crippen LogP contribution in [0.25, 0.3) is 0 Å². The lowest BCUT2D eigenvalue weighted by atomic mass is 10.1. The summed E-state index contributed by atoms with van der Waals surface area (Å²) in [7, 11) is 3.18. The molecule has 3 nitrogen and oxygen atoms in total. The maximum absolute atomic E-state index is 9.39. The Kier molecular flexibility index (Phi) is 3.63. The van der Waals surface area contributed by atoms with Gasteiger partial charge in [-0.3, -0.25) is 0 Å². The predicted octanol–water partition coefficient (Wildman–Crippen LogP) is 2.36. The van der Waals surface area contributed by atoms with Crippen molar-refractivity contribution in [1.29, 1.82) is 0 Å². The first-order chi connectivity index (χ1) is 6.72. The van der Waals surface area contributed by atoms with Crippen LogP contribution in [-0.4, -0.2) is 19.3 Å². The molecule has 0 aromatic heterocycles. The first-order valence-corrected chi connectivity index (χ1v) is 4.66. The van der Waals surface area contributed by atoms with Gasteiger partial charge in [0.15, 0.2) is 0 Å². The summed E-state index contributed by atoms with van der Waals surface area (Å²) in [5.41, 5.74) is 1.01. The molecule has 14 heavy (non-hydrogen) atoms. The smallest absolute Gasteiger partial charge is 0.129 e. The molecule has 0 heterocycles. The number of aromatic hydroxyl groups is 1. The normalized spacial score (nSPS) is 9.93. The molecule has 1 rings (SSSR count). The summed E-state index contributed by atoms with van der Waals surface area (Å²) in [6.45, 7) is 2.09. The van der Waals surface area contributed by atoms with Crippen molar-refractivity contribution in [2.45, 2.75) is 19.8 Å². The van der Waals surface area contributed by atoms with Crippen molar-refractivity contribution in [3.05, 3.63) is 17.7 Å². The van der Waals surface area contributed by atoms with E-state index in [0.29, 0.717) is 11.5 Å². The van der Waals surface area contributed by atoms with Gasteiger partial charge in [-0.1, -0.05) is 13.3 Å². The highest BCUT2D eigenvalue weighted by Gasteiger charge is 2.10. The zero-order valence-electron chi connectivity index (χ0n) is 8.83. The van der Waals surface area contributed by atoms with E-state index in [1.165, 1.54) is 0 Å². The Morgan fingerprint density at radius 3 is 2.00 bits per heavy atom. The zero-order valence-corrected chi connectivity index (χ0v) is 8.83. The highest BCUT2D eigenvalue weighted by atomic mass is 16.5. The molecule has 0 aliphatic heterocycles. The Bertz CT molecular complexity index is 282. The Morgan fingerprint density at radius 1 is 1.14 bits per heavy atom. The van der Waals surface area contributed by atoms with Crippen LogP contribution in [0.5, 0.6) is 17.2 Å². The summed E-state index contributed by atoms with van der Waals surface area (Å²) in [6.07, 6.45) is 1.89. The molecule has 0 spiro atoms. The molecular formula is C11H16O3. The largest absolute Gasteiger partial charge is 0.508 e. The predicted molar refractivity (Wildman–Crippen MR) is 55.2 cm³/mol. The van der Waals surface area contributed by atoms with E-state index < -0.39 is 0 Å². The van der Waals surface area contributed by atoms with Crippen molar-refractivity contribution in [3.8, 4) is 17.2 Å². The van der Waals surface area contributed by atoms with Crippen molar-refractivity contribution < 1.29 is 14.6 Å². The molecule has 0 aliphatic carbocycles. The number of methoxy groups -OCH3 is 2. The maximum atomic E-state index is 9.39. The number of rotatable bonds is 4. The van der Waals surface area contributed by atoms with Crippen LogP contribution in [-0.2, 0) is 6.42 Å². The molecule has 1 N–H and O–H groups in total. The number of phenols is 1. The summed E-state index contributed by atoms with van der Waals surface area (Å²) in [5, 5.41) is 9.39. The third kappa shape index (κ3) is 2.10. The highest BCUT2D eigenvalue weighted by molar-refractivity contribution is 5.50. The minimum absolute atomic E-state index is 0.165. The van der Waals surface area contributed by atoms with Crippen LogP contribution in [0.2, 0.25) is 0 Å². The van der Waals surface area contributed by atoms with Crippen LogP contribution >= 0.6 is 0 Å². The summed E-state index contributed by atoms with van der Waals surface area (Å²) < 4.78 is 10.4. The number of benzene rings is 1. The summed E-state index contributed by atoms with van der Waals surface area (Å²) >= 11 is 0. The lowest BCUT2D eigenvalue weighted by molar-refractivity contribution is 0.376. The van der Waals surface area contributed by atoms with Crippen LogP contribution < -0.4 is 9.47 Å². The Hall–Kier alpha value is -1.38. The lowest BCUT2D eigenvalue weighted by Crippen LogP contribution is -1.96. The van der Waals surface area contributed by atoms with Gasteiger partial charge in [0.25, 0.3) is 0 Å². The molecular weight excluding hydrogens is 180 g/mol. The molecule has 0 radical (unpaired) electrons. The van der Waals surface area contributed by atoms with Gasteiger partial charge in [-0.15, -0.1) is 0 Å². The van der Waals surface area contributed by atoms with E-state index in [1.54, 1.807) is 26.4 Å². The molecule has 0 unspecified atom stereocenters. The van der Waals surface area contributed by atoms with Crippen LogP contribution in [0.3, 0.4) is 0 Å². The maximum Gasteiger partial charge on any atom is 0.129 e. The topological polar surface area (TPSA) is 38.7 Å². The van der Waals surface area contributed by atoms with E-state index in [4.69, 9.17) is 9.47 Å². The summed E-state index contributed by atoms with van der Waals surface area (Å²) in [4.78, 5) is 0. The van der Waals surface area contributed by atoms with E-state index >= 15 is 0 Å². The molecule has 3 heteroatoms. The van der Waals surface area contributed by atoms with Gasteiger partial charge < -0.3 is 14.6 Å². The number of ether oxygens (including phenoxy) is 2. The van der Waals surface area contributed by atoms with Crippen LogP contribution in [0.1, 0.15) is 18.9 Å². The monoisotopic (exact) mass is 196 g/mol. The second-order valence-electron chi connectivity index (χ2n) is 3.08. The van der Waals surface area contributed by atoms with Crippen molar-refractivity contribution in [2.24, 2.45) is 0 Å². The Balaban J connectivity index is 3.18. The summed E-state index contributed by atoms with van der Waals surface area (Å²) in [6, 6.07) is 3.21. The average molecular weight is 196 g/mol. The molecule has 1 aromatic carbocycles. The van der Waals surface area contributed by atoms with E-state index in [0.717, 1.165) is 18.4 Å². The molecule has 0 amide bonds. The minimum Gasteiger partial charge on any atom is -0.508 e. The van der Waals surface area contributed by atoms with E-state index in [2.05, 4.69) is 6.92 Å². The van der Waals surface area contributed by atoms with Crippen molar-refractivity contribution in [3.63, 3.8) is 0 Å². The number of phenolic OH excluding ortho intramolecular Hbond substituents is 1. The van der Waals surface area contributed by atoms with Crippen LogP contribution in [0, 0.1) is 0 Å². The summed E-state index contributed by atoms with van der Waals surface area (Å²) in [5.74, 6) is 1.53. The molecule has 0 fully saturated rings. The van der Waals surface area contributed by atoms with Gasteiger partial charge in [-0.2, -0.15) is 0 Å². The van der Waals surface area contributed by atoms with E-state index in [9.17, 15) is 5.11 Å². The molecule has 0 aliphatic rings. The third-order valence-electron chi connectivity index (χ3n) is 2.09. The van der Waals surface area contributed by atoms with E-state index in [1.807, 2.05) is 0 Å². The molecule has 0 bridgehead atoms. The molecule has 0 saturated heterocycles. The zero-order chi connectivity index (χ0) is 10.6.